The molecule has 2 heterocycles. The molecular weight excluding hydrogens is 316 g/mol. The van der Waals surface area contributed by atoms with Crippen LogP contribution in [0.25, 0.3) is 0 Å². The van der Waals surface area contributed by atoms with Crippen LogP contribution >= 0.6 is 0 Å². The van der Waals surface area contributed by atoms with E-state index in [-0.39, 0.29) is 11.9 Å². The van der Waals surface area contributed by atoms with Gasteiger partial charge in [0.25, 0.3) is 5.91 Å². The molecule has 3 rings (SSSR count). The minimum Gasteiger partial charge on any atom is -0.347 e. The number of aromatic nitrogens is 2. The maximum atomic E-state index is 12.6. The summed E-state index contributed by atoms with van der Waals surface area (Å²) in [4.78, 5) is 14.9. The molecule has 0 saturated carbocycles. The maximum Gasteiger partial charge on any atom is 0.272 e. The minimum absolute atomic E-state index is 0.155. The second-order valence-corrected chi connectivity index (χ2v) is 6.67. The molecule has 134 valence electrons. The largest absolute Gasteiger partial charge is 0.347 e. The highest BCUT2D eigenvalue weighted by atomic mass is 16.1. The SMILES string of the molecule is Cn1cc(CN2CCC(N)C2)c(C(=O)NCc2cccc(CN)c2)n1. The van der Waals surface area contributed by atoms with E-state index in [0.717, 1.165) is 36.2 Å². The first-order valence-electron chi connectivity index (χ1n) is 8.61. The third-order valence-electron chi connectivity index (χ3n) is 4.50. The predicted octanol–water partition coefficient (Wildman–Crippen LogP) is 0.342. The summed E-state index contributed by atoms with van der Waals surface area (Å²) in [6.45, 7) is 3.47. The smallest absolute Gasteiger partial charge is 0.272 e. The molecule has 7 heteroatoms. The fraction of sp³-hybridized carbons (Fsp3) is 0.444. The number of aryl methyl sites for hydroxylation is 1. The number of hydrogen-bond acceptors (Lipinski definition) is 5. The highest BCUT2D eigenvalue weighted by Crippen LogP contribution is 2.15. The summed E-state index contributed by atoms with van der Waals surface area (Å²) in [6, 6.07) is 8.13. The number of nitrogens with one attached hydrogen (secondary N) is 1. The van der Waals surface area contributed by atoms with Gasteiger partial charge in [0.2, 0.25) is 0 Å². The summed E-state index contributed by atoms with van der Waals surface area (Å²) in [5, 5.41) is 7.30. The average molecular weight is 342 g/mol. The van der Waals surface area contributed by atoms with Gasteiger partial charge in [-0.05, 0) is 17.5 Å². The monoisotopic (exact) mass is 342 g/mol. The number of nitrogens with two attached hydrogens (primary N) is 2. The van der Waals surface area contributed by atoms with Crippen molar-refractivity contribution in [2.45, 2.75) is 32.1 Å². The van der Waals surface area contributed by atoms with Crippen molar-refractivity contribution in [3.8, 4) is 0 Å². The fourth-order valence-corrected chi connectivity index (χ4v) is 3.22. The molecule has 1 saturated heterocycles. The van der Waals surface area contributed by atoms with Crippen molar-refractivity contribution in [1.29, 1.82) is 0 Å². The van der Waals surface area contributed by atoms with E-state index in [0.29, 0.717) is 25.3 Å². The lowest BCUT2D eigenvalue weighted by Crippen LogP contribution is -2.28. The van der Waals surface area contributed by atoms with Crippen LogP contribution in [-0.2, 0) is 26.7 Å². The molecule has 0 aliphatic carbocycles. The van der Waals surface area contributed by atoms with E-state index in [2.05, 4.69) is 15.3 Å². The zero-order valence-electron chi connectivity index (χ0n) is 14.6. The Kier molecular flexibility index (Phi) is 5.47. The molecule has 0 radical (unpaired) electrons. The van der Waals surface area contributed by atoms with E-state index < -0.39 is 0 Å². The molecule has 0 spiro atoms. The molecule has 0 bridgehead atoms. The Hall–Kier alpha value is -2.22. The van der Waals surface area contributed by atoms with Gasteiger partial charge in [0.05, 0.1) is 0 Å². The van der Waals surface area contributed by atoms with E-state index >= 15 is 0 Å². The van der Waals surface area contributed by atoms with Gasteiger partial charge in [-0.3, -0.25) is 14.4 Å². The lowest BCUT2D eigenvalue weighted by atomic mass is 10.1. The van der Waals surface area contributed by atoms with Gasteiger partial charge in [-0.15, -0.1) is 0 Å². The molecule has 1 aliphatic heterocycles. The maximum absolute atomic E-state index is 12.6. The topological polar surface area (TPSA) is 102 Å². The number of carbonyl (C=O) groups excluding carboxylic acids is 1. The highest BCUT2D eigenvalue weighted by Gasteiger charge is 2.23. The molecule has 1 aromatic heterocycles. The fourth-order valence-electron chi connectivity index (χ4n) is 3.22. The molecular formula is C18H26N6O. The van der Waals surface area contributed by atoms with Crippen LogP contribution in [0.4, 0.5) is 0 Å². The molecule has 2 aromatic rings. The number of amides is 1. The Morgan fingerprint density at radius 3 is 2.92 bits per heavy atom. The van der Waals surface area contributed by atoms with Crippen molar-refractivity contribution in [2.24, 2.45) is 18.5 Å². The molecule has 1 atom stereocenters. The lowest BCUT2D eigenvalue weighted by molar-refractivity contribution is 0.0943. The Morgan fingerprint density at radius 1 is 1.40 bits per heavy atom. The first-order valence-corrected chi connectivity index (χ1v) is 8.61. The van der Waals surface area contributed by atoms with Gasteiger partial charge in [-0.2, -0.15) is 5.10 Å². The van der Waals surface area contributed by atoms with Crippen LogP contribution in [0.15, 0.2) is 30.5 Å². The standard InChI is InChI=1S/C18H26N6O/c1-23-10-15(11-24-6-5-16(20)12-24)17(22-23)18(25)21-9-14-4-2-3-13(7-14)8-19/h2-4,7,10,16H,5-6,8-9,11-12,19-20H2,1H3,(H,21,25). The number of likely N-dealkylation sites (tertiary alicyclic amines) is 1. The van der Waals surface area contributed by atoms with Gasteiger partial charge in [0.1, 0.15) is 0 Å². The number of nitrogens with zero attached hydrogens (tertiary/aromatic N) is 3. The molecule has 1 fully saturated rings. The summed E-state index contributed by atoms with van der Waals surface area (Å²) in [5.74, 6) is -0.155. The van der Waals surface area contributed by atoms with Gasteiger partial charge in [-0.1, -0.05) is 24.3 Å². The van der Waals surface area contributed by atoms with Crippen LogP contribution in [0.5, 0.6) is 0 Å². The molecule has 1 aliphatic rings. The molecule has 1 amide bonds. The molecule has 25 heavy (non-hydrogen) atoms. The van der Waals surface area contributed by atoms with Crippen LogP contribution in [0.2, 0.25) is 0 Å². The zero-order chi connectivity index (χ0) is 17.8. The number of benzene rings is 1. The summed E-state index contributed by atoms with van der Waals surface area (Å²) in [7, 11) is 1.83. The van der Waals surface area contributed by atoms with E-state index in [9.17, 15) is 4.79 Å². The quantitative estimate of drug-likeness (QED) is 0.703. The molecule has 5 N–H and O–H groups in total. The van der Waals surface area contributed by atoms with Gasteiger partial charge < -0.3 is 16.8 Å². The Labute approximate surface area is 148 Å². The average Bonchev–Trinajstić information content (AvgIpc) is 3.18. The minimum atomic E-state index is -0.155. The molecule has 1 aromatic carbocycles. The van der Waals surface area contributed by atoms with Crippen molar-refractivity contribution in [1.82, 2.24) is 20.0 Å². The van der Waals surface area contributed by atoms with Gasteiger partial charge >= 0.3 is 0 Å². The van der Waals surface area contributed by atoms with Crippen LogP contribution in [-0.4, -0.2) is 39.7 Å². The van der Waals surface area contributed by atoms with Gasteiger partial charge in [0, 0.05) is 57.6 Å². The van der Waals surface area contributed by atoms with Crippen molar-refractivity contribution in [3.05, 3.63) is 52.8 Å². The van der Waals surface area contributed by atoms with Crippen LogP contribution in [0, 0.1) is 0 Å². The third-order valence-corrected chi connectivity index (χ3v) is 4.50. The van der Waals surface area contributed by atoms with Gasteiger partial charge in [0.15, 0.2) is 5.69 Å². The normalized spacial score (nSPS) is 17.8. The summed E-state index contributed by atoms with van der Waals surface area (Å²) >= 11 is 0. The van der Waals surface area contributed by atoms with Crippen molar-refractivity contribution >= 4 is 5.91 Å². The number of hydrogen-bond donors (Lipinski definition) is 3. The highest BCUT2D eigenvalue weighted by molar-refractivity contribution is 5.93. The Bertz CT molecular complexity index is 741. The van der Waals surface area contributed by atoms with E-state index in [4.69, 9.17) is 11.5 Å². The lowest BCUT2D eigenvalue weighted by Gasteiger charge is -2.14. The van der Waals surface area contributed by atoms with E-state index in [1.165, 1.54) is 0 Å². The summed E-state index contributed by atoms with van der Waals surface area (Å²) in [6.07, 6.45) is 2.91. The molecule has 1 unspecified atom stereocenters. The number of rotatable bonds is 6. The Morgan fingerprint density at radius 2 is 2.20 bits per heavy atom. The predicted molar refractivity (Wildman–Crippen MR) is 96.6 cm³/mol. The van der Waals surface area contributed by atoms with Crippen molar-refractivity contribution in [2.75, 3.05) is 13.1 Å². The Balaban J connectivity index is 1.65. The second kappa shape index (κ2) is 7.77. The second-order valence-electron chi connectivity index (χ2n) is 6.67. The van der Waals surface area contributed by atoms with Crippen LogP contribution < -0.4 is 16.8 Å². The first-order chi connectivity index (χ1) is 12.0. The van der Waals surface area contributed by atoms with E-state index in [1.54, 1.807) is 4.68 Å². The summed E-state index contributed by atoms with van der Waals surface area (Å²) < 4.78 is 1.69. The number of carbonyl (C=O) groups is 1. The van der Waals surface area contributed by atoms with Gasteiger partial charge in [-0.25, -0.2) is 0 Å². The van der Waals surface area contributed by atoms with Crippen LogP contribution in [0.3, 0.4) is 0 Å². The van der Waals surface area contributed by atoms with Crippen LogP contribution in [0.1, 0.15) is 33.6 Å². The van der Waals surface area contributed by atoms with E-state index in [1.807, 2.05) is 37.5 Å². The van der Waals surface area contributed by atoms with Crippen molar-refractivity contribution < 1.29 is 4.79 Å². The zero-order valence-corrected chi connectivity index (χ0v) is 14.6. The first kappa shape index (κ1) is 17.6. The summed E-state index contributed by atoms with van der Waals surface area (Å²) in [5.41, 5.74) is 15.1. The van der Waals surface area contributed by atoms with Crippen molar-refractivity contribution in [3.63, 3.8) is 0 Å². The molecule has 7 nitrogen and oxygen atoms in total. The third kappa shape index (κ3) is 4.45.